The first-order valence-corrected chi connectivity index (χ1v) is 4.71. The fourth-order valence-electron chi connectivity index (χ4n) is 2.64. The summed E-state index contributed by atoms with van der Waals surface area (Å²) in [6.07, 6.45) is 5.08. The Hall–Kier alpha value is -1.32. The first-order valence-electron chi connectivity index (χ1n) is 4.71. The van der Waals surface area contributed by atoms with E-state index in [4.69, 9.17) is 0 Å². The average molecular weight is 194 g/mol. The van der Waals surface area contributed by atoms with E-state index in [0.717, 1.165) is 12.8 Å². The van der Waals surface area contributed by atoms with Crippen LogP contribution in [0.1, 0.15) is 12.8 Å². The van der Waals surface area contributed by atoms with Crippen LogP contribution in [0.4, 0.5) is 0 Å². The van der Waals surface area contributed by atoms with Crippen molar-refractivity contribution in [3.05, 3.63) is 12.2 Å². The molecule has 0 unspecified atom stereocenters. The van der Waals surface area contributed by atoms with E-state index in [2.05, 4.69) is 0 Å². The summed E-state index contributed by atoms with van der Waals surface area (Å²) in [6, 6.07) is 0. The maximum Gasteiger partial charge on any atom is 0.0457 e. The topological polar surface area (TPSA) is 80.3 Å². The molecule has 0 spiro atoms. The molecule has 0 aromatic heterocycles. The molecule has 1 fully saturated rings. The maximum absolute atomic E-state index is 10.8. The Bertz CT molecular complexity index is 277. The van der Waals surface area contributed by atoms with Crippen molar-refractivity contribution < 1.29 is 19.8 Å². The Labute approximate surface area is 81.2 Å². The quantitative estimate of drug-likeness (QED) is 0.491. The van der Waals surface area contributed by atoms with Crippen LogP contribution in [-0.2, 0) is 9.59 Å². The number of carbonyl (C=O) groups excluding carboxylic acids is 2. The predicted molar refractivity (Wildman–Crippen MR) is 42.3 cm³/mol. The molecule has 4 nitrogen and oxygen atoms in total. The second-order valence-electron chi connectivity index (χ2n) is 3.98. The van der Waals surface area contributed by atoms with E-state index in [1.54, 1.807) is 12.2 Å². The molecular formula is C10H10O4-2. The van der Waals surface area contributed by atoms with Gasteiger partial charge < -0.3 is 19.8 Å². The van der Waals surface area contributed by atoms with Gasteiger partial charge in [0.2, 0.25) is 0 Å². The highest BCUT2D eigenvalue weighted by Gasteiger charge is 2.41. The van der Waals surface area contributed by atoms with Crippen LogP contribution >= 0.6 is 0 Å². The van der Waals surface area contributed by atoms with Gasteiger partial charge in [-0.2, -0.15) is 0 Å². The lowest BCUT2D eigenvalue weighted by molar-refractivity contribution is -0.331. The summed E-state index contributed by atoms with van der Waals surface area (Å²) in [7, 11) is 0. The summed E-state index contributed by atoms with van der Waals surface area (Å²) in [6.45, 7) is 0. The van der Waals surface area contributed by atoms with E-state index in [0.29, 0.717) is 0 Å². The molecule has 1 saturated carbocycles. The summed E-state index contributed by atoms with van der Waals surface area (Å²) < 4.78 is 0. The van der Waals surface area contributed by atoms with Gasteiger partial charge in [0.05, 0.1) is 0 Å². The molecule has 76 valence electrons. The van der Waals surface area contributed by atoms with Gasteiger partial charge in [0.1, 0.15) is 0 Å². The van der Waals surface area contributed by atoms with E-state index < -0.39 is 23.8 Å². The van der Waals surface area contributed by atoms with Crippen molar-refractivity contribution in [2.75, 3.05) is 0 Å². The third kappa shape index (κ3) is 1.22. The molecule has 3 rings (SSSR count). The summed E-state index contributed by atoms with van der Waals surface area (Å²) in [4.78, 5) is 21.6. The Morgan fingerprint density at radius 3 is 1.50 bits per heavy atom. The van der Waals surface area contributed by atoms with Gasteiger partial charge in [0, 0.05) is 23.8 Å². The lowest BCUT2D eigenvalue weighted by atomic mass is 9.62. The van der Waals surface area contributed by atoms with E-state index in [-0.39, 0.29) is 11.8 Å². The highest BCUT2D eigenvalue weighted by atomic mass is 16.4. The van der Waals surface area contributed by atoms with Crippen molar-refractivity contribution in [1.29, 1.82) is 0 Å². The fourth-order valence-corrected chi connectivity index (χ4v) is 2.64. The van der Waals surface area contributed by atoms with Crippen LogP contribution in [0.3, 0.4) is 0 Å². The van der Waals surface area contributed by atoms with Crippen molar-refractivity contribution in [1.82, 2.24) is 0 Å². The van der Waals surface area contributed by atoms with Crippen molar-refractivity contribution in [2.24, 2.45) is 23.7 Å². The lowest BCUT2D eigenvalue weighted by Gasteiger charge is -2.45. The molecule has 0 N–H and O–H groups in total. The molecule has 2 bridgehead atoms. The number of carboxylic acids is 2. The van der Waals surface area contributed by atoms with Crippen LogP contribution in [0.2, 0.25) is 0 Å². The number of hydrogen-bond donors (Lipinski definition) is 0. The molecule has 4 heteroatoms. The molecule has 0 amide bonds. The zero-order valence-electron chi connectivity index (χ0n) is 7.51. The first kappa shape index (κ1) is 9.24. The molecule has 3 aliphatic carbocycles. The van der Waals surface area contributed by atoms with Crippen molar-refractivity contribution >= 4 is 11.9 Å². The molecule has 0 aliphatic heterocycles. The zero-order valence-corrected chi connectivity index (χ0v) is 7.51. The van der Waals surface area contributed by atoms with Crippen LogP contribution in [0.15, 0.2) is 12.2 Å². The standard InChI is InChI=1S/C10H12O4/c11-9(12)7-5-1-2-6(4-3-5)8(7)10(13)14/h1-2,5-8H,3-4H2,(H,11,12)(H,13,14)/p-2/t5-,6-,7-,8-/m1/s1. The highest BCUT2D eigenvalue weighted by Crippen LogP contribution is 2.44. The highest BCUT2D eigenvalue weighted by molar-refractivity contribution is 5.79. The van der Waals surface area contributed by atoms with Gasteiger partial charge >= 0.3 is 0 Å². The van der Waals surface area contributed by atoms with E-state index in [9.17, 15) is 19.8 Å². The Balaban J connectivity index is 2.33. The molecule has 0 saturated heterocycles. The normalized spacial score (nSPS) is 39.7. The molecule has 0 heterocycles. The number of carbonyl (C=O) groups is 2. The number of rotatable bonds is 2. The van der Waals surface area contributed by atoms with Gasteiger partial charge in [-0.3, -0.25) is 0 Å². The lowest BCUT2D eigenvalue weighted by Crippen LogP contribution is -2.53. The minimum absolute atomic E-state index is 0.187. The molecule has 0 aromatic carbocycles. The molecular weight excluding hydrogens is 184 g/mol. The molecule has 14 heavy (non-hydrogen) atoms. The molecule has 0 aromatic rings. The Kier molecular flexibility index (Phi) is 2.06. The summed E-state index contributed by atoms with van der Waals surface area (Å²) in [5.41, 5.74) is 0. The number of hydrogen-bond acceptors (Lipinski definition) is 4. The van der Waals surface area contributed by atoms with Gasteiger partial charge in [-0.1, -0.05) is 12.2 Å². The van der Waals surface area contributed by atoms with Crippen molar-refractivity contribution in [3.8, 4) is 0 Å². The van der Waals surface area contributed by atoms with Crippen molar-refractivity contribution in [3.63, 3.8) is 0 Å². The molecule has 4 atom stereocenters. The molecule has 3 aliphatic rings. The first-order chi connectivity index (χ1) is 6.61. The van der Waals surface area contributed by atoms with Crippen molar-refractivity contribution in [2.45, 2.75) is 12.8 Å². The fraction of sp³-hybridized carbons (Fsp3) is 0.600. The minimum atomic E-state index is -1.27. The molecule has 0 radical (unpaired) electrons. The maximum atomic E-state index is 10.8. The minimum Gasteiger partial charge on any atom is -0.550 e. The number of fused-ring (bicyclic) bond motifs is 2. The van der Waals surface area contributed by atoms with Crippen LogP contribution in [0.25, 0.3) is 0 Å². The number of carboxylic acid groups (broad SMARTS) is 2. The van der Waals surface area contributed by atoms with Gasteiger partial charge in [-0.25, -0.2) is 0 Å². The second kappa shape index (κ2) is 3.12. The van der Waals surface area contributed by atoms with E-state index >= 15 is 0 Å². The number of aliphatic carboxylic acids is 2. The van der Waals surface area contributed by atoms with E-state index in [1.807, 2.05) is 0 Å². The van der Waals surface area contributed by atoms with Crippen LogP contribution in [0.5, 0.6) is 0 Å². The smallest absolute Gasteiger partial charge is 0.0457 e. The van der Waals surface area contributed by atoms with Gasteiger partial charge in [0.15, 0.2) is 0 Å². The van der Waals surface area contributed by atoms with Crippen LogP contribution in [0, 0.1) is 23.7 Å². The summed E-state index contributed by atoms with van der Waals surface area (Å²) in [5.74, 6) is -4.70. The van der Waals surface area contributed by atoms with Gasteiger partial charge in [-0.15, -0.1) is 0 Å². The van der Waals surface area contributed by atoms with Crippen LogP contribution < -0.4 is 10.2 Å². The summed E-state index contributed by atoms with van der Waals surface area (Å²) in [5, 5.41) is 21.6. The number of allylic oxidation sites excluding steroid dienone is 2. The predicted octanol–water partition coefficient (Wildman–Crippen LogP) is -1.69. The van der Waals surface area contributed by atoms with Crippen LogP contribution in [-0.4, -0.2) is 11.9 Å². The Morgan fingerprint density at radius 1 is 0.929 bits per heavy atom. The zero-order chi connectivity index (χ0) is 10.3. The largest absolute Gasteiger partial charge is 0.550 e. The third-order valence-corrected chi connectivity index (χ3v) is 3.29. The SMILES string of the molecule is O=C([O-])[C@H]1[C@H](C(=O)[O-])[C@@H]2C=C[C@@H]1CC2. The third-order valence-electron chi connectivity index (χ3n) is 3.29. The summed E-state index contributed by atoms with van der Waals surface area (Å²) >= 11 is 0. The van der Waals surface area contributed by atoms with Gasteiger partial charge in [-0.05, 0) is 24.7 Å². The van der Waals surface area contributed by atoms with Gasteiger partial charge in [0.25, 0.3) is 0 Å². The second-order valence-corrected chi connectivity index (χ2v) is 3.98. The monoisotopic (exact) mass is 194 g/mol. The average Bonchev–Trinajstić information content (AvgIpc) is 2.17. The Morgan fingerprint density at radius 2 is 1.29 bits per heavy atom. The van der Waals surface area contributed by atoms with E-state index in [1.165, 1.54) is 0 Å².